The average Bonchev–Trinajstić information content (AvgIpc) is 2.63. The Balaban J connectivity index is 0.00000196. The molecule has 3 rings (SSSR count). The molecule has 0 amide bonds. The fraction of sp³-hybridized carbons (Fsp3) is 0.667. The Bertz CT molecular complexity index is 616. The van der Waals surface area contributed by atoms with Gasteiger partial charge in [-0.1, -0.05) is 0 Å². The van der Waals surface area contributed by atoms with Crippen molar-refractivity contribution in [3.63, 3.8) is 0 Å². The van der Waals surface area contributed by atoms with Gasteiger partial charge in [0, 0.05) is 31.9 Å². The highest BCUT2D eigenvalue weighted by atomic mass is 35.5. The van der Waals surface area contributed by atoms with E-state index in [2.05, 4.69) is 14.7 Å². The molecule has 0 unspecified atom stereocenters. The SMILES string of the molecule is CC(=O)CN1CCC(CCN2CCN(c3ccc(F)c(C)c3)CC2)CC1.Cl.Cl. The fourth-order valence-corrected chi connectivity index (χ4v) is 4.17. The standard InChI is InChI=1S/C21H32FN3O.2ClH/c1-17-15-20(3-4-21(17)22)25-13-11-23(12-14-25)8-5-19-6-9-24(10-7-19)16-18(2)26;;/h3-4,15,19H,5-14,16H2,1-2H3;2*1H. The molecular formula is C21H34Cl2FN3O. The van der Waals surface area contributed by atoms with Crippen LogP contribution in [0.5, 0.6) is 0 Å². The van der Waals surface area contributed by atoms with E-state index in [0.717, 1.165) is 56.4 Å². The van der Waals surface area contributed by atoms with Gasteiger partial charge in [-0.25, -0.2) is 4.39 Å². The van der Waals surface area contributed by atoms with E-state index in [1.54, 1.807) is 13.0 Å². The second kappa shape index (κ2) is 12.0. The predicted molar refractivity (Wildman–Crippen MR) is 119 cm³/mol. The van der Waals surface area contributed by atoms with Gasteiger partial charge in [0.2, 0.25) is 0 Å². The molecule has 1 aromatic carbocycles. The van der Waals surface area contributed by atoms with Crippen LogP contribution in [0, 0.1) is 18.7 Å². The van der Waals surface area contributed by atoms with E-state index >= 15 is 0 Å². The Hall–Kier alpha value is -0.880. The predicted octanol–water partition coefficient (Wildman–Crippen LogP) is 3.79. The lowest BCUT2D eigenvalue weighted by atomic mass is 9.93. The number of rotatable bonds is 6. The van der Waals surface area contributed by atoms with Crippen LogP contribution in [0.1, 0.15) is 31.7 Å². The van der Waals surface area contributed by atoms with Crippen molar-refractivity contribution in [2.75, 3.05) is 57.3 Å². The van der Waals surface area contributed by atoms with E-state index in [-0.39, 0.29) is 36.4 Å². The van der Waals surface area contributed by atoms with Gasteiger partial charge >= 0.3 is 0 Å². The second-order valence-electron chi connectivity index (χ2n) is 7.97. The maximum Gasteiger partial charge on any atom is 0.143 e. The van der Waals surface area contributed by atoms with Gasteiger partial charge in [0.25, 0.3) is 0 Å². The molecule has 2 heterocycles. The van der Waals surface area contributed by atoms with Gasteiger partial charge in [0.1, 0.15) is 11.6 Å². The summed E-state index contributed by atoms with van der Waals surface area (Å²) in [6, 6.07) is 5.43. The van der Waals surface area contributed by atoms with E-state index in [9.17, 15) is 9.18 Å². The van der Waals surface area contributed by atoms with Crippen molar-refractivity contribution >= 4 is 36.3 Å². The number of aryl methyl sites for hydroxylation is 1. The number of piperazine rings is 1. The number of carbonyl (C=O) groups excluding carboxylic acids is 1. The molecule has 0 spiro atoms. The van der Waals surface area contributed by atoms with Crippen LogP contribution in [0.3, 0.4) is 0 Å². The first-order valence-electron chi connectivity index (χ1n) is 9.96. The minimum absolute atomic E-state index is 0. The van der Waals surface area contributed by atoms with Gasteiger partial charge < -0.3 is 4.90 Å². The van der Waals surface area contributed by atoms with Crippen LogP contribution in [-0.2, 0) is 4.79 Å². The Morgan fingerprint density at radius 3 is 2.25 bits per heavy atom. The second-order valence-corrected chi connectivity index (χ2v) is 7.97. The van der Waals surface area contributed by atoms with Crippen molar-refractivity contribution < 1.29 is 9.18 Å². The number of piperidine rings is 1. The van der Waals surface area contributed by atoms with E-state index < -0.39 is 0 Å². The third-order valence-corrected chi connectivity index (χ3v) is 5.89. The lowest BCUT2D eigenvalue weighted by molar-refractivity contribution is -0.118. The monoisotopic (exact) mass is 433 g/mol. The van der Waals surface area contributed by atoms with Gasteiger partial charge in [-0.05, 0) is 82.4 Å². The highest BCUT2D eigenvalue weighted by Gasteiger charge is 2.22. The zero-order valence-corrected chi connectivity index (χ0v) is 18.7. The summed E-state index contributed by atoms with van der Waals surface area (Å²) >= 11 is 0. The molecule has 2 aliphatic rings. The van der Waals surface area contributed by atoms with E-state index in [4.69, 9.17) is 0 Å². The zero-order valence-electron chi connectivity index (χ0n) is 17.0. The van der Waals surface area contributed by atoms with E-state index in [1.807, 2.05) is 19.1 Å². The Morgan fingerprint density at radius 2 is 1.68 bits per heavy atom. The number of Topliss-reactive ketones (excluding diaryl/α,β-unsaturated/α-hetero) is 1. The van der Waals surface area contributed by atoms with Gasteiger partial charge in [0.15, 0.2) is 0 Å². The van der Waals surface area contributed by atoms with E-state index in [1.165, 1.54) is 25.8 Å². The number of ketones is 1. The van der Waals surface area contributed by atoms with Crippen molar-refractivity contribution in [2.24, 2.45) is 5.92 Å². The molecule has 0 saturated carbocycles. The quantitative estimate of drug-likeness (QED) is 0.681. The first-order chi connectivity index (χ1) is 12.5. The number of benzene rings is 1. The minimum Gasteiger partial charge on any atom is -0.369 e. The summed E-state index contributed by atoms with van der Waals surface area (Å²) in [6.45, 7) is 11.6. The molecule has 7 heteroatoms. The highest BCUT2D eigenvalue weighted by Crippen LogP contribution is 2.23. The summed E-state index contributed by atoms with van der Waals surface area (Å²) in [4.78, 5) is 18.4. The molecule has 2 fully saturated rings. The van der Waals surface area contributed by atoms with Crippen molar-refractivity contribution in [1.29, 1.82) is 0 Å². The number of likely N-dealkylation sites (tertiary alicyclic amines) is 1. The molecule has 0 bridgehead atoms. The van der Waals surface area contributed by atoms with Gasteiger partial charge in [-0.15, -0.1) is 24.8 Å². The number of halogens is 3. The lowest BCUT2D eigenvalue weighted by Gasteiger charge is -2.37. The zero-order chi connectivity index (χ0) is 18.5. The molecule has 2 saturated heterocycles. The molecule has 0 aromatic heterocycles. The molecule has 0 N–H and O–H groups in total. The smallest absolute Gasteiger partial charge is 0.143 e. The van der Waals surface area contributed by atoms with Crippen LogP contribution in [0.2, 0.25) is 0 Å². The largest absolute Gasteiger partial charge is 0.369 e. The van der Waals surface area contributed by atoms with E-state index in [0.29, 0.717) is 6.54 Å². The molecule has 2 aliphatic heterocycles. The Labute approximate surface area is 181 Å². The summed E-state index contributed by atoms with van der Waals surface area (Å²) in [5.74, 6) is 0.954. The normalized spacial score (nSPS) is 19.0. The number of anilines is 1. The Kier molecular flexibility index (Phi) is 10.7. The molecule has 0 radical (unpaired) electrons. The molecule has 4 nitrogen and oxygen atoms in total. The average molecular weight is 434 g/mol. The van der Waals surface area contributed by atoms with Crippen LogP contribution < -0.4 is 4.90 Å². The van der Waals surface area contributed by atoms with Crippen molar-refractivity contribution in [3.8, 4) is 0 Å². The maximum absolute atomic E-state index is 13.4. The minimum atomic E-state index is -0.123. The van der Waals surface area contributed by atoms with Crippen molar-refractivity contribution in [3.05, 3.63) is 29.6 Å². The Morgan fingerprint density at radius 1 is 1.04 bits per heavy atom. The van der Waals surface area contributed by atoms with Gasteiger partial charge in [-0.3, -0.25) is 14.6 Å². The molecular weight excluding hydrogens is 400 g/mol. The fourth-order valence-electron chi connectivity index (χ4n) is 4.17. The molecule has 160 valence electrons. The maximum atomic E-state index is 13.4. The van der Waals surface area contributed by atoms with Gasteiger partial charge in [-0.2, -0.15) is 0 Å². The van der Waals surface area contributed by atoms with Crippen LogP contribution >= 0.6 is 24.8 Å². The lowest BCUT2D eigenvalue weighted by Crippen LogP contribution is -2.47. The molecule has 0 atom stereocenters. The highest BCUT2D eigenvalue weighted by molar-refractivity contribution is 5.85. The summed E-state index contributed by atoms with van der Waals surface area (Å²) in [6.07, 6.45) is 3.72. The summed E-state index contributed by atoms with van der Waals surface area (Å²) in [5, 5.41) is 0. The van der Waals surface area contributed by atoms with Crippen molar-refractivity contribution in [1.82, 2.24) is 9.80 Å². The number of hydrogen-bond acceptors (Lipinski definition) is 4. The van der Waals surface area contributed by atoms with Crippen LogP contribution in [0.4, 0.5) is 10.1 Å². The number of nitrogens with zero attached hydrogens (tertiary/aromatic N) is 3. The van der Waals surface area contributed by atoms with Crippen LogP contribution in [0.15, 0.2) is 18.2 Å². The molecule has 28 heavy (non-hydrogen) atoms. The summed E-state index contributed by atoms with van der Waals surface area (Å²) in [7, 11) is 0. The first-order valence-corrected chi connectivity index (χ1v) is 9.96. The van der Waals surface area contributed by atoms with Gasteiger partial charge in [0.05, 0.1) is 6.54 Å². The first kappa shape index (κ1) is 25.2. The molecule has 1 aromatic rings. The van der Waals surface area contributed by atoms with Crippen molar-refractivity contribution in [2.45, 2.75) is 33.1 Å². The third kappa shape index (κ3) is 7.18. The van der Waals surface area contributed by atoms with Crippen LogP contribution in [-0.4, -0.2) is 67.9 Å². The number of carbonyl (C=O) groups is 1. The molecule has 0 aliphatic carbocycles. The summed E-state index contributed by atoms with van der Waals surface area (Å²) < 4.78 is 13.4. The third-order valence-electron chi connectivity index (χ3n) is 5.89. The summed E-state index contributed by atoms with van der Waals surface area (Å²) in [5.41, 5.74) is 1.86. The number of hydrogen-bond donors (Lipinski definition) is 0. The topological polar surface area (TPSA) is 26.8 Å². The van der Waals surface area contributed by atoms with Crippen LogP contribution in [0.25, 0.3) is 0 Å².